The fraction of sp³-hybridized carbons (Fsp3) is 0.667. The fourth-order valence-electron chi connectivity index (χ4n) is 0.113. The van der Waals surface area contributed by atoms with E-state index in [0.29, 0.717) is 0 Å². The average Bonchev–Trinajstić information content (AvgIpc) is 1.69. The van der Waals surface area contributed by atoms with E-state index in [2.05, 4.69) is 9.18 Å². The van der Waals surface area contributed by atoms with Gasteiger partial charge in [0, 0.05) is 19.1 Å². The first-order valence-corrected chi connectivity index (χ1v) is 2.61. The molecule has 0 rings (SSSR count). The minimum Gasteiger partial charge on any atom is -0.308 e. The van der Waals surface area contributed by atoms with Crippen LogP contribution in [0, 0.1) is 0 Å². The Morgan fingerprint density at radius 3 is 3.14 bits per heavy atom. The lowest BCUT2D eigenvalue weighted by Gasteiger charge is -1.86. The van der Waals surface area contributed by atoms with Crippen LogP contribution in [0.3, 0.4) is 0 Å². The Bertz CT molecular complexity index is 56.9. The van der Waals surface area contributed by atoms with Gasteiger partial charge >= 0.3 is 0 Å². The van der Waals surface area contributed by atoms with Crippen LogP contribution >= 0.6 is 12.0 Å². The van der Waals surface area contributed by atoms with Crippen LogP contribution in [0.4, 0.5) is 0 Å². The summed E-state index contributed by atoms with van der Waals surface area (Å²) in [7, 11) is 1.67. The largest absolute Gasteiger partial charge is 0.308 e. The van der Waals surface area contributed by atoms with Gasteiger partial charge in [-0.1, -0.05) is 0 Å². The molecule has 0 aliphatic rings. The highest BCUT2D eigenvalue weighted by molar-refractivity contribution is 8.07. The minimum absolute atomic E-state index is 0.233. The van der Waals surface area contributed by atoms with Crippen molar-refractivity contribution in [2.24, 2.45) is 10.7 Å². The molecule has 7 heavy (non-hydrogen) atoms. The molecule has 0 amide bonds. The molecular formula is C3H8N2OS. The molecule has 0 unspecified atom stereocenters. The fourth-order valence-corrected chi connectivity index (χ4v) is 0.338. The molecule has 0 atom stereocenters. The Balaban J connectivity index is 2.69. The summed E-state index contributed by atoms with van der Waals surface area (Å²) in [5.41, 5.74) is 6.54. The Hall–Kier alpha value is -0.0600. The van der Waals surface area contributed by atoms with Gasteiger partial charge in [0.1, 0.15) is 6.73 Å². The van der Waals surface area contributed by atoms with Crippen molar-refractivity contribution in [1.82, 2.24) is 0 Å². The van der Waals surface area contributed by atoms with Crippen molar-refractivity contribution in [3.05, 3.63) is 0 Å². The number of nitrogens with zero attached hydrogens (tertiary/aromatic N) is 1. The molecule has 2 N–H and O–H groups in total. The maximum Gasteiger partial charge on any atom is 0.109 e. The van der Waals surface area contributed by atoms with Gasteiger partial charge < -0.3 is 5.73 Å². The van der Waals surface area contributed by atoms with Gasteiger partial charge in [0.05, 0.1) is 5.55 Å². The van der Waals surface area contributed by atoms with Crippen LogP contribution in [-0.2, 0) is 4.18 Å². The second kappa shape index (κ2) is 5.94. The lowest BCUT2D eigenvalue weighted by molar-refractivity contribution is 0.394. The highest BCUT2D eigenvalue weighted by Crippen LogP contribution is 1.91. The summed E-state index contributed by atoms with van der Waals surface area (Å²) in [4.78, 5) is 3.63. The standard InChI is InChI=1S/C3H8N2OS/c1-5-3-7-6-2-4/h3H,2,4H2,1H3/b5-3-. The SMILES string of the molecule is C/N=C\SOCN. The van der Waals surface area contributed by atoms with Crippen molar-refractivity contribution in [1.29, 1.82) is 0 Å². The van der Waals surface area contributed by atoms with Gasteiger partial charge in [-0.05, 0) is 0 Å². The van der Waals surface area contributed by atoms with Crippen molar-refractivity contribution < 1.29 is 4.18 Å². The number of hydrogen-bond donors (Lipinski definition) is 1. The Kier molecular flexibility index (Phi) is 5.89. The lowest BCUT2D eigenvalue weighted by atomic mass is 11.4. The Labute approximate surface area is 47.2 Å². The van der Waals surface area contributed by atoms with E-state index in [1.54, 1.807) is 12.6 Å². The summed E-state index contributed by atoms with van der Waals surface area (Å²) in [6.07, 6.45) is 0. The van der Waals surface area contributed by atoms with Crippen LogP contribution in [0.2, 0.25) is 0 Å². The van der Waals surface area contributed by atoms with Crippen LogP contribution in [0.1, 0.15) is 0 Å². The zero-order valence-corrected chi connectivity index (χ0v) is 4.94. The van der Waals surface area contributed by atoms with E-state index in [1.807, 2.05) is 0 Å². The van der Waals surface area contributed by atoms with Crippen molar-refractivity contribution >= 4 is 17.6 Å². The predicted octanol–water partition coefficient (Wildman–Crippen LogP) is 0.226. The number of hydrogen-bond acceptors (Lipinski definition) is 4. The second-order valence-corrected chi connectivity index (χ2v) is 1.38. The van der Waals surface area contributed by atoms with Crippen LogP contribution in [0.25, 0.3) is 0 Å². The van der Waals surface area contributed by atoms with Crippen LogP contribution in [0.5, 0.6) is 0 Å². The van der Waals surface area contributed by atoms with E-state index in [0.717, 1.165) is 12.0 Å². The highest BCUT2D eigenvalue weighted by Gasteiger charge is 1.72. The molecule has 4 heteroatoms. The summed E-state index contributed by atoms with van der Waals surface area (Å²) in [5.74, 6) is 0. The normalized spacial score (nSPS) is 10.6. The molecule has 0 aliphatic carbocycles. The first-order valence-electron chi connectivity index (χ1n) is 1.80. The van der Waals surface area contributed by atoms with Crippen LogP contribution in [-0.4, -0.2) is 19.3 Å². The second-order valence-electron chi connectivity index (χ2n) is 0.744. The number of aliphatic imine (C=N–C) groups is 1. The van der Waals surface area contributed by atoms with E-state index in [-0.39, 0.29) is 6.73 Å². The summed E-state index contributed by atoms with van der Waals surface area (Å²) in [5, 5.41) is 0. The van der Waals surface area contributed by atoms with Crippen LogP contribution < -0.4 is 5.73 Å². The van der Waals surface area contributed by atoms with E-state index >= 15 is 0 Å². The van der Waals surface area contributed by atoms with Crippen LogP contribution in [0.15, 0.2) is 4.99 Å². The Morgan fingerprint density at radius 1 is 2.00 bits per heavy atom. The maximum absolute atomic E-state index is 4.96. The first-order chi connectivity index (χ1) is 3.41. The molecule has 0 bridgehead atoms. The maximum atomic E-state index is 4.96. The van der Waals surface area contributed by atoms with Gasteiger partial charge in [0.15, 0.2) is 0 Å². The summed E-state index contributed by atoms with van der Waals surface area (Å²) in [6, 6.07) is 0. The zero-order chi connectivity index (χ0) is 5.54. The van der Waals surface area contributed by atoms with Crippen molar-refractivity contribution in [2.45, 2.75) is 0 Å². The van der Waals surface area contributed by atoms with E-state index < -0.39 is 0 Å². The quantitative estimate of drug-likeness (QED) is 0.191. The molecule has 0 spiro atoms. The molecule has 3 nitrogen and oxygen atoms in total. The van der Waals surface area contributed by atoms with Crippen molar-refractivity contribution in [3.63, 3.8) is 0 Å². The molecule has 0 aromatic carbocycles. The third-order valence-electron chi connectivity index (χ3n) is 0.285. The van der Waals surface area contributed by atoms with Crippen molar-refractivity contribution in [3.8, 4) is 0 Å². The van der Waals surface area contributed by atoms with Gasteiger partial charge in [-0.2, -0.15) is 0 Å². The van der Waals surface area contributed by atoms with E-state index in [1.165, 1.54) is 0 Å². The predicted molar refractivity (Wildman–Crippen MR) is 32.1 cm³/mol. The first kappa shape index (κ1) is 6.94. The molecule has 0 fully saturated rings. The number of nitrogens with two attached hydrogens (primary N) is 1. The van der Waals surface area contributed by atoms with Gasteiger partial charge in [0.25, 0.3) is 0 Å². The topological polar surface area (TPSA) is 47.6 Å². The minimum atomic E-state index is 0.233. The summed E-state index contributed by atoms with van der Waals surface area (Å²) in [6.45, 7) is 0.233. The molecule has 0 heterocycles. The molecule has 0 aliphatic heterocycles. The van der Waals surface area contributed by atoms with Gasteiger partial charge in [-0.25, -0.2) is 0 Å². The third-order valence-corrected chi connectivity index (χ3v) is 0.854. The summed E-state index contributed by atoms with van der Waals surface area (Å²) < 4.78 is 4.62. The zero-order valence-electron chi connectivity index (χ0n) is 4.13. The smallest absolute Gasteiger partial charge is 0.109 e. The molecule has 0 saturated heterocycles. The number of rotatable bonds is 3. The van der Waals surface area contributed by atoms with Gasteiger partial charge in [-0.3, -0.25) is 9.18 Å². The monoisotopic (exact) mass is 120 g/mol. The summed E-state index contributed by atoms with van der Waals surface area (Å²) >= 11 is 1.14. The molecule has 0 saturated carbocycles. The molecule has 0 aromatic rings. The van der Waals surface area contributed by atoms with E-state index in [9.17, 15) is 0 Å². The molecule has 0 radical (unpaired) electrons. The van der Waals surface area contributed by atoms with Gasteiger partial charge in [-0.15, -0.1) is 0 Å². The van der Waals surface area contributed by atoms with E-state index in [4.69, 9.17) is 5.73 Å². The average molecular weight is 120 g/mol. The van der Waals surface area contributed by atoms with Crippen molar-refractivity contribution in [2.75, 3.05) is 13.8 Å². The van der Waals surface area contributed by atoms with Gasteiger partial charge in [0.2, 0.25) is 0 Å². The highest BCUT2D eigenvalue weighted by atomic mass is 32.2. The molecule has 0 aromatic heterocycles. The Morgan fingerprint density at radius 2 is 2.71 bits per heavy atom. The lowest BCUT2D eigenvalue weighted by Crippen LogP contribution is -1.97. The molecule has 42 valence electrons. The molecular weight excluding hydrogens is 112 g/mol. The third kappa shape index (κ3) is 5.94.